The van der Waals surface area contributed by atoms with E-state index < -0.39 is 0 Å². The van der Waals surface area contributed by atoms with Gasteiger partial charge >= 0.3 is 0 Å². The first-order chi connectivity index (χ1) is 11.4. The third kappa shape index (κ3) is 4.24. The van der Waals surface area contributed by atoms with Crippen molar-refractivity contribution in [2.24, 2.45) is 0 Å². The maximum absolute atomic E-state index is 8.88. The number of hydrogen-bond acceptors (Lipinski definition) is 1. The Morgan fingerprint density at radius 1 is 1.08 bits per heavy atom. The van der Waals surface area contributed by atoms with Gasteiger partial charge in [-0.1, -0.05) is 74.1 Å². The summed E-state index contributed by atoms with van der Waals surface area (Å²) in [7, 11) is 0. The number of allylic oxidation sites excluding steroid dienone is 4. The second-order valence-electron chi connectivity index (χ2n) is 6.74. The smallest absolute Gasteiger partial charge is 0.0617 e. The van der Waals surface area contributed by atoms with Crippen molar-refractivity contribution in [1.29, 1.82) is 0 Å². The highest BCUT2D eigenvalue weighted by Gasteiger charge is 2.14. The van der Waals surface area contributed by atoms with Gasteiger partial charge in [0, 0.05) is 0 Å². The monoisotopic (exact) mass is 320 g/mol. The molecule has 0 aromatic heterocycles. The van der Waals surface area contributed by atoms with Gasteiger partial charge in [0.25, 0.3) is 0 Å². The minimum atomic E-state index is 0.0838. The molecule has 0 heterocycles. The standard InChI is InChI=1S/C23H28O/c1-16(2)20-11-10-18(4)23-21(14-19(5)22(23)15-20)9-7-6-8-17(3)12-13-24/h6-12,14-16,24H,13H2,1-5H3/b8-6+,9-7+,17-12+. The van der Waals surface area contributed by atoms with E-state index in [9.17, 15) is 0 Å². The maximum atomic E-state index is 8.88. The average molecular weight is 320 g/mol. The summed E-state index contributed by atoms with van der Waals surface area (Å²) in [5, 5.41) is 8.88. The van der Waals surface area contributed by atoms with Crippen molar-refractivity contribution in [3.63, 3.8) is 0 Å². The van der Waals surface area contributed by atoms with E-state index in [0.717, 1.165) is 5.57 Å². The van der Waals surface area contributed by atoms with Crippen molar-refractivity contribution in [1.82, 2.24) is 0 Å². The second-order valence-corrected chi connectivity index (χ2v) is 6.74. The summed E-state index contributed by atoms with van der Waals surface area (Å²) in [6, 6.07) is 9.08. The van der Waals surface area contributed by atoms with E-state index in [4.69, 9.17) is 5.11 Å². The summed E-state index contributed by atoms with van der Waals surface area (Å²) in [5.74, 6) is 0.525. The first-order valence-corrected chi connectivity index (χ1v) is 8.60. The molecule has 24 heavy (non-hydrogen) atoms. The van der Waals surface area contributed by atoms with Crippen molar-refractivity contribution in [3.05, 3.63) is 76.4 Å². The number of aliphatic hydroxyl groups is 1. The van der Waals surface area contributed by atoms with Crippen LogP contribution in [-0.2, 0) is 0 Å². The van der Waals surface area contributed by atoms with Crippen LogP contribution in [0.15, 0.2) is 54.1 Å². The van der Waals surface area contributed by atoms with E-state index in [1.54, 1.807) is 6.08 Å². The van der Waals surface area contributed by atoms with Crippen LogP contribution in [0.25, 0.3) is 17.2 Å². The lowest BCUT2D eigenvalue weighted by molar-refractivity contribution is 0.342. The predicted molar refractivity (Wildman–Crippen MR) is 106 cm³/mol. The Labute approximate surface area is 146 Å². The van der Waals surface area contributed by atoms with Crippen molar-refractivity contribution < 1.29 is 5.11 Å². The summed E-state index contributed by atoms with van der Waals surface area (Å²) in [4.78, 5) is 0. The van der Waals surface area contributed by atoms with Crippen LogP contribution in [0.4, 0.5) is 0 Å². The normalized spacial score (nSPS) is 13.0. The van der Waals surface area contributed by atoms with Crippen LogP contribution in [0.1, 0.15) is 48.9 Å². The van der Waals surface area contributed by atoms with E-state index in [-0.39, 0.29) is 6.61 Å². The van der Waals surface area contributed by atoms with Crippen molar-refractivity contribution >= 4 is 6.08 Å². The molecule has 0 spiro atoms. The Balaban J connectivity index is 2.39. The molecule has 0 saturated heterocycles. The SMILES string of the molecule is CC(/C=C/C=C/c1cc(C)c2cc(C(C)C)ccc(C)c1-2)=C\CO. The molecule has 0 aliphatic heterocycles. The molecule has 0 aromatic carbocycles. The van der Waals surface area contributed by atoms with Gasteiger partial charge in [0.2, 0.25) is 0 Å². The van der Waals surface area contributed by atoms with Crippen molar-refractivity contribution in [2.45, 2.75) is 40.5 Å². The minimum absolute atomic E-state index is 0.0838. The highest BCUT2D eigenvalue weighted by Crippen LogP contribution is 2.36. The van der Waals surface area contributed by atoms with Gasteiger partial charge in [-0.3, -0.25) is 0 Å². The van der Waals surface area contributed by atoms with Crippen LogP contribution in [-0.4, -0.2) is 11.7 Å². The Kier molecular flexibility index (Phi) is 6.16. The zero-order valence-corrected chi connectivity index (χ0v) is 15.4. The van der Waals surface area contributed by atoms with E-state index in [2.05, 4.69) is 64.1 Å². The number of rotatable bonds is 5. The lowest BCUT2D eigenvalue weighted by Gasteiger charge is -2.04. The Morgan fingerprint density at radius 3 is 2.50 bits per heavy atom. The van der Waals surface area contributed by atoms with Gasteiger partial charge in [0.1, 0.15) is 0 Å². The highest BCUT2D eigenvalue weighted by atomic mass is 16.2. The number of hydrogen-bond donors (Lipinski definition) is 1. The van der Waals surface area contributed by atoms with Gasteiger partial charge in [-0.25, -0.2) is 0 Å². The molecule has 2 aliphatic carbocycles. The summed E-state index contributed by atoms with van der Waals surface area (Å²) in [6.07, 6.45) is 10.1. The number of aliphatic hydroxyl groups excluding tert-OH is 1. The molecule has 2 aliphatic rings. The zero-order chi connectivity index (χ0) is 17.7. The van der Waals surface area contributed by atoms with Crippen LogP contribution in [0.2, 0.25) is 0 Å². The molecule has 0 unspecified atom stereocenters. The summed E-state index contributed by atoms with van der Waals surface area (Å²) in [5.41, 5.74) is 9.03. The first kappa shape index (κ1) is 18.2. The molecule has 0 bridgehead atoms. The molecule has 0 fully saturated rings. The lowest BCUT2D eigenvalue weighted by Crippen LogP contribution is -1.84. The Bertz CT molecular complexity index is 760. The van der Waals surface area contributed by atoms with E-state index >= 15 is 0 Å². The first-order valence-electron chi connectivity index (χ1n) is 8.60. The fraction of sp³-hybridized carbons (Fsp3) is 0.304. The largest absolute Gasteiger partial charge is 0.392 e. The minimum Gasteiger partial charge on any atom is -0.392 e. The molecule has 1 heteroatoms. The van der Waals surface area contributed by atoms with Gasteiger partial charge in [-0.2, -0.15) is 0 Å². The second kappa shape index (κ2) is 8.12. The van der Waals surface area contributed by atoms with Crippen LogP contribution < -0.4 is 0 Å². The quantitative estimate of drug-likeness (QED) is 0.666. The van der Waals surface area contributed by atoms with Gasteiger partial charge < -0.3 is 5.11 Å². The van der Waals surface area contributed by atoms with Crippen molar-refractivity contribution in [2.75, 3.05) is 6.61 Å². The zero-order valence-electron chi connectivity index (χ0n) is 15.4. The van der Waals surface area contributed by atoms with Crippen LogP contribution >= 0.6 is 0 Å². The van der Waals surface area contributed by atoms with Gasteiger partial charge in [0.15, 0.2) is 0 Å². The molecule has 126 valence electrons. The third-order valence-electron chi connectivity index (χ3n) is 4.41. The maximum Gasteiger partial charge on any atom is 0.0617 e. The topological polar surface area (TPSA) is 20.2 Å². The molecule has 0 amide bonds. The van der Waals surface area contributed by atoms with Crippen LogP contribution in [0, 0.1) is 13.8 Å². The van der Waals surface area contributed by atoms with Gasteiger partial charge in [-0.15, -0.1) is 0 Å². The van der Waals surface area contributed by atoms with Crippen LogP contribution in [0.5, 0.6) is 0 Å². The molecule has 0 saturated carbocycles. The summed E-state index contributed by atoms with van der Waals surface area (Å²) in [6.45, 7) is 10.9. The number of fused-ring (bicyclic) bond motifs is 1. The lowest BCUT2D eigenvalue weighted by atomic mass is 10.0. The summed E-state index contributed by atoms with van der Waals surface area (Å²) >= 11 is 0. The number of aryl methyl sites for hydroxylation is 2. The molecule has 1 nitrogen and oxygen atoms in total. The molecule has 2 rings (SSSR count). The van der Waals surface area contributed by atoms with Gasteiger partial charge in [-0.05, 0) is 60.1 Å². The molecule has 0 aromatic rings. The van der Waals surface area contributed by atoms with E-state index in [0.29, 0.717) is 5.92 Å². The Morgan fingerprint density at radius 2 is 1.83 bits per heavy atom. The molecule has 0 atom stereocenters. The van der Waals surface area contributed by atoms with Crippen LogP contribution in [0.3, 0.4) is 0 Å². The Hall–Kier alpha value is -2.12. The molecule has 0 radical (unpaired) electrons. The fourth-order valence-electron chi connectivity index (χ4n) is 2.95. The van der Waals surface area contributed by atoms with E-state index in [1.807, 2.05) is 19.1 Å². The molecular formula is C23H28O. The van der Waals surface area contributed by atoms with Crippen molar-refractivity contribution in [3.8, 4) is 11.1 Å². The third-order valence-corrected chi connectivity index (χ3v) is 4.41. The molecule has 1 N–H and O–H groups in total. The highest BCUT2D eigenvalue weighted by molar-refractivity contribution is 5.84. The molecular weight excluding hydrogens is 292 g/mol. The van der Waals surface area contributed by atoms with Gasteiger partial charge in [0.05, 0.1) is 6.61 Å². The predicted octanol–water partition coefficient (Wildman–Crippen LogP) is 6.04. The van der Waals surface area contributed by atoms with E-state index in [1.165, 1.54) is 33.4 Å². The average Bonchev–Trinajstić information content (AvgIpc) is 2.71. The summed E-state index contributed by atoms with van der Waals surface area (Å²) < 4.78 is 0. The fourth-order valence-corrected chi connectivity index (χ4v) is 2.95.